The lowest BCUT2D eigenvalue weighted by molar-refractivity contribution is -0.140. The monoisotopic (exact) mass is 318 g/mol. The van der Waals surface area contributed by atoms with Crippen molar-refractivity contribution in [2.75, 3.05) is 5.32 Å². The Labute approximate surface area is 135 Å². The molecule has 23 heavy (non-hydrogen) atoms. The van der Waals surface area contributed by atoms with Gasteiger partial charge in [-0.05, 0) is 42.5 Å². The molecule has 0 aromatic heterocycles. The average molecular weight is 318 g/mol. The highest BCUT2D eigenvalue weighted by Crippen LogP contribution is 2.42. The van der Waals surface area contributed by atoms with Crippen LogP contribution in [-0.4, -0.2) is 22.9 Å². The van der Waals surface area contributed by atoms with E-state index in [2.05, 4.69) is 5.32 Å². The summed E-state index contributed by atoms with van der Waals surface area (Å²) < 4.78 is 0. The molecule has 1 aliphatic carbocycles. The summed E-state index contributed by atoms with van der Waals surface area (Å²) in [7, 11) is 0. The van der Waals surface area contributed by atoms with Crippen molar-refractivity contribution < 1.29 is 19.5 Å². The molecule has 1 aromatic rings. The molecule has 1 saturated carbocycles. The van der Waals surface area contributed by atoms with E-state index in [1.54, 1.807) is 24.3 Å². The summed E-state index contributed by atoms with van der Waals surface area (Å²) in [5, 5.41) is 11.9. The Balaban J connectivity index is 2.01. The van der Waals surface area contributed by atoms with Crippen LogP contribution < -0.4 is 11.1 Å². The van der Waals surface area contributed by atoms with Gasteiger partial charge in [0.25, 0.3) is 0 Å². The van der Waals surface area contributed by atoms with E-state index in [0.29, 0.717) is 11.3 Å². The van der Waals surface area contributed by atoms with E-state index < -0.39 is 17.3 Å². The number of amides is 2. The van der Waals surface area contributed by atoms with Crippen LogP contribution in [0.25, 0.3) is 0 Å². The highest BCUT2D eigenvalue weighted by atomic mass is 16.4. The molecule has 1 aliphatic rings. The van der Waals surface area contributed by atoms with Crippen molar-refractivity contribution in [2.24, 2.45) is 11.1 Å². The van der Waals surface area contributed by atoms with Crippen LogP contribution in [-0.2, 0) is 9.59 Å². The molecule has 6 nitrogen and oxygen atoms in total. The van der Waals surface area contributed by atoms with Gasteiger partial charge in [-0.3, -0.25) is 14.4 Å². The van der Waals surface area contributed by atoms with Crippen LogP contribution in [0.15, 0.2) is 24.3 Å². The maximum Gasteiger partial charge on any atom is 0.303 e. The summed E-state index contributed by atoms with van der Waals surface area (Å²) in [6.45, 7) is 0. The maximum absolute atomic E-state index is 12.3. The Morgan fingerprint density at radius 3 is 2.17 bits per heavy atom. The summed E-state index contributed by atoms with van der Waals surface area (Å²) in [4.78, 5) is 34.5. The first-order chi connectivity index (χ1) is 10.9. The molecule has 0 radical (unpaired) electrons. The van der Waals surface area contributed by atoms with Crippen LogP contribution in [0.4, 0.5) is 5.69 Å². The Bertz CT molecular complexity index is 589. The third kappa shape index (κ3) is 4.81. The number of carboxylic acids is 1. The quantitative estimate of drug-likeness (QED) is 0.748. The lowest BCUT2D eigenvalue weighted by Gasteiger charge is -2.35. The molecule has 0 unspecified atom stereocenters. The minimum atomic E-state index is -0.856. The molecule has 6 heteroatoms. The summed E-state index contributed by atoms with van der Waals surface area (Å²) in [5.41, 5.74) is 5.67. The number of carbonyl (C=O) groups excluding carboxylic acids is 2. The number of aliphatic carboxylic acids is 1. The van der Waals surface area contributed by atoms with E-state index in [1.807, 2.05) is 0 Å². The maximum atomic E-state index is 12.3. The number of carboxylic acid groups (broad SMARTS) is 1. The highest BCUT2D eigenvalue weighted by Gasteiger charge is 2.36. The van der Waals surface area contributed by atoms with Gasteiger partial charge in [-0.25, -0.2) is 0 Å². The van der Waals surface area contributed by atoms with E-state index in [4.69, 9.17) is 10.8 Å². The molecule has 0 atom stereocenters. The fourth-order valence-electron chi connectivity index (χ4n) is 3.30. The molecule has 1 aromatic carbocycles. The van der Waals surface area contributed by atoms with Gasteiger partial charge in [-0.15, -0.1) is 0 Å². The van der Waals surface area contributed by atoms with Gasteiger partial charge in [0.1, 0.15) is 0 Å². The largest absolute Gasteiger partial charge is 0.481 e. The molecule has 1 fully saturated rings. The zero-order chi connectivity index (χ0) is 16.9. The topological polar surface area (TPSA) is 109 Å². The molecule has 124 valence electrons. The fraction of sp³-hybridized carbons (Fsp3) is 0.471. The van der Waals surface area contributed by atoms with Gasteiger partial charge in [0.05, 0.1) is 6.42 Å². The normalized spacial score (nSPS) is 16.5. The molecule has 4 N–H and O–H groups in total. The van der Waals surface area contributed by atoms with Crippen molar-refractivity contribution in [1.82, 2.24) is 0 Å². The van der Waals surface area contributed by atoms with Crippen LogP contribution >= 0.6 is 0 Å². The first-order valence-electron chi connectivity index (χ1n) is 7.82. The summed E-state index contributed by atoms with van der Waals surface area (Å²) in [6, 6.07) is 6.32. The van der Waals surface area contributed by atoms with Gasteiger partial charge in [0, 0.05) is 17.7 Å². The number of nitrogens with one attached hydrogen (secondary N) is 1. The first kappa shape index (κ1) is 17.0. The van der Waals surface area contributed by atoms with Gasteiger partial charge < -0.3 is 16.2 Å². The lowest BCUT2D eigenvalue weighted by atomic mass is 9.69. The molecule has 0 heterocycles. The Morgan fingerprint density at radius 2 is 1.65 bits per heavy atom. The summed E-state index contributed by atoms with van der Waals surface area (Å²) in [6.07, 6.45) is 4.80. The number of rotatable bonds is 6. The van der Waals surface area contributed by atoms with E-state index >= 15 is 0 Å². The van der Waals surface area contributed by atoms with Gasteiger partial charge in [-0.1, -0.05) is 19.3 Å². The molecule has 2 rings (SSSR count). The van der Waals surface area contributed by atoms with Gasteiger partial charge in [-0.2, -0.15) is 0 Å². The summed E-state index contributed by atoms with van der Waals surface area (Å²) in [5.74, 6) is -1.57. The van der Waals surface area contributed by atoms with Crippen LogP contribution in [0.2, 0.25) is 0 Å². The molecular formula is C17H22N2O4. The molecular weight excluding hydrogens is 296 g/mol. The van der Waals surface area contributed by atoms with Gasteiger partial charge >= 0.3 is 5.97 Å². The van der Waals surface area contributed by atoms with Gasteiger partial charge in [0.15, 0.2) is 0 Å². The van der Waals surface area contributed by atoms with Crippen molar-refractivity contribution in [1.29, 1.82) is 0 Å². The van der Waals surface area contributed by atoms with Crippen molar-refractivity contribution in [3.05, 3.63) is 29.8 Å². The molecule has 0 bridgehead atoms. The second-order valence-corrected chi connectivity index (χ2v) is 6.30. The fourth-order valence-corrected chi connectivity index (χ4v) is 3.30. The predicted molar refractivity (Wildman–Crippen MR) is 86.0 cm³/mol. The number of anilines is 1. The van der Waals surface area contributed by atoms with Crippen LogP contribution in [0.3, 0.4) is 0 Å². The average Bonchev–Trinajstić information content (AvgIpc) is 2.47. The Morgan fingerprint density at radius 1 is 1.04 bits per heavy atom. The smallest absolute Gasteiger partial charge is 0.303 e. The second kappa shape index (κ2) is 7.26. The second-order valence-electron chi connectivity index (χ2n) is 6.30. The zero-order valence-electron chi connectivity index (χ0n) is 13.0. The number of hydrogen-bond donors (Lipinski definition) is 3. The molecule has 0 saturated heterocycles. The third-order valence-corrected chi connectivity index (χ3v) is 4.43. The number of hydrogen-bond acceptors (Lipinski definition) is 3. The van der Waals surface area contributed by atoms with E-state index in [9.17, 15) is 14.4 Å². The number of carbonyl (C=O) groups is 3. The van der Waals surface area contributed by atoms with Crippen molar-refractivity contribution in [3.8, 4) is 0 Å². The van der Waals surface area contributed by atoms with Crippen LogP contribution in [0.5, 0.6) is 0 Å². The number of nitrogens with two attached hydrogens (primary N) is 1. The lowest BCUT2D eigenvalue weighted by Crippen LogP contribution is -2.32. The minimum Gasteiger partial charge on any atom is -0.481 e. The molecule has 0 aliphatic heterocycles. The van der Waals surface area contributed by atoms with Crippen LogP contribution in [0, 0.1) is 5.41 Å². The number of benzene rings is 1. The zero-order valence-corrected chi connectivity index (χ0v) is 13.0. The minimum absolute atomic E-state index is 0.0288. The Kier molecular flexibility index (Phi) is 5.36. The summed E-state index contributed by atoms with van der Waals surface area (Å²) >= 11 is 0. The van der Waals surface area contributed by atoms with Gasteiger partial charge in [0.2, 0.25) is 11.8 Å². The van der Waals surface area contributed by atoms with Crippen molar-refractivity contribution in [2.45, 2.75) is 44.9 Å². The van der Waals surface area contributed by atoms with E-state index in [0.717, 1.165) is 32.1 Å². The predicted octanol–water partition coefficient (Wildman–Crippen LogP) is 2.54. The van der Waals surface area contributed by atoms with Crippen LogP contribution in [0.1, 0.15) is 55.3 Å². The van der Waals surface area contributed by atoms with E-state index in [-0.39, 0.29) is 18.7 Å². The van der Waals surface area contributed by atoms with Crippen molar-refractivity contribution >= 4 is 23.5 Å². The van der Waals surface area contributed by atoms with Crippen molar-refractivity contribution in [3.63, 3.8) is 0 Å². The molecule has 0 spiro atoms. The molecule has 2 amide bonds. The van der Waals surface area contributed by atoms with E-state index in [1.165, 1.54) is 0 Å². The standard InChI is InChI=1S/C17H22N2O4/c18-16(23)12-4-6-13(7-5-12)19-14(20)10-17(11-15(21)22)8-2-1-3-9-17/h4-7H,1-3,8-11H2,(H2,18,23)(H,19,20)(H,21,22). The SMILES string of the molecule is NC(=O)c1ccc(NC(=O)CC2(CC(=O)O)CCCCC2)cc1. The third-order valence-electron chi connectivity index (χ3n) is 4.43. The first-order valence-corrected chi connectivity index (χ1v) is 7.82. The number of primary amides is 1. The Hall–Kier alpha value is -2.37. The highest BCUT2D eigenvalue weighted by molar-refractivity contribution is 5.95.